The van der Waals surface area contributed by atoms with E-state index in [-0.39, 0.29) is 64.3 Å². The van der Waals surface area contributed by atoms with E-state index in [1.54, 1.807) is 0 Å². The lowest BCUT2D eigenvalue weighted by molar-refractivity contribution is -0.267. The molecule has 0 unspecified atom stereocenters. The van der Waals surface area contributed by atoms with E-state index in [0.717, 1.165) is 68.1 Å². The van der Waals surface area contributed by atoms with Gasteiger partial charge in [-0.15, -0.1) is 0 Å². The molecular formula is C54H90O5. The van der Waals surface area contributed by atoms with E-state index in [1.165, 1.54) is 64.2 Å². The molecule has 0 bridgehead atoms. The van der Waals surface area contributed by atoms with Gasteiger partial charge in [-0.2, -0.15) is 0 Å². The van der Waals surface area contributed by atoms with E-state index in [0.29, 0.717) is 45.8 Å². The third kappa shape index (κ3) is 5.78. The molecule has 336 valence electrons. The van der Waals surface area contributed by atoms with Gasteiger partial charge in [0.2, 0.25) is 0 Å². The Morgan fingerprint density at radius 2 is 1.36 bits per heavy atom. The summed E-state index contributed by atoms with van der Waals surface area (Å²) in [7, 11) is 0. The molecule has 9 aliphatic rings. The highest BCUT2D eigenvalue weighted by Crippen LogP contribution is 2.79. The van der Waals surface area contributed by atoms with E-state index < -0.39 is 18.2 Å². The predicted molar refractivity (Wildman–Crippen MR) is 237 cm³/mol. The fourth-order valence-electron chi connectivity index (χ4n) is 21.9. The van der Waals surface area contributed by atoms with Crippen LogP contribution >= 0.6 is 0 Å². The van der Waals surface area contributed by atoms with E-state index in [9.17, 15) is 25.2 Å². The summed E-state index contributed by atoms with van der Waals surface area (Å²) < 4.78 is 0. The van der Waals surface area contributed by atoms with Crippen LogP contribution in [-0.4, -0.2) is 44.7 Å². The van der Waals surface area contributed by atoms with Crippen molar-refractivity contribution in [1.82, 2.24) is 0 Å². The van der Waals surface area contributed by atoms with Gasteiger partial charge < -0.3 is 20.4 Å². The Kier molecular flexibility index (Phi) is 10.5. The van der Waals surface area contributed by atoms with Crippen LogP contribution in [0, 0.1) is 121 Å². The minimum atomic E-state index is -0.733. The normalized spacial score (nSPS) is 59.4. The molecule has 5 heteroatoms. The van der Waals surface area contributed by atoms with Gasteiger partial charge >= 0.3 is 5.97 Å². The first kappa shape index (κ1) is 43.6. The number of carbonyl (C=O) groups is 1. The number of aliphatic hydroxyl groups excluding tert-OH is 3. The van der Waals surface area contributed by atoms with Crippen LogP contribution in [0.15, 0.2) is 0 Å². The molecule has 9 aliphatic carbocycles. The average Bonchev–Trinajstić information content (AvgIpc) is 3.52. The fraction of sp³-hybridized carbons (Fsp3) is 0.981. The molecular weight excluding hydrogens is 729 g/mol. The number of rotatable bonds is 5. The smallest absolute Gasteiger partial charge is 0.303 e. The average molecular weight is 819 g/mol. The second-order valence-electron chi connectivity index (χ2n) is 26.8. The second kappa shape index (κ2) is 14.2. The zero-order valence-corrected chi connectivity index (χ0v) is 39.7. The Morgan fingerprint density at radius 1 is 0.644 bits per heavy atom. The van der Waals surface area contributed by atoms with Gasteiger partial charge in [0.15, 0.2) is 0 Å². The molecule has 9 saturated carbocycles. The number of carboxylic acids is 1. The van der Waals surface area contributed by atoms with E-state index in [1.807, 2.05) is 0 Å². The molecule has 23 atom stereocenters. The van der Waals surface area contributed by atoms with Crippen molar-refractivity contribution in [3.63, 3.8) is 0 Å². The highest BCUT2D eigenvalue weighted by Gasteiger charge is 2.73. The Hall–Kier alpha value is -0.650. The summed E-state index contributed by atoms with van der Waals surface area (Å²) in [5.74, 6) is 6.46. The maximum Gasteiger partial charge on any atom is 0.303 e. The zero-order chi connectivity index (χ0) is 42.6. The number of hydrogen-bond acceptors (Lipinski definition) is 4. The Labute approximate surface area is 360 Å². The minimum absolute atomic E-state index is 0.0363. The van der Waals surface area contributed by atoms with E-state index >= 15 is 0 Å². The van der Waals surface area contributed by atoms with Gasteiger partial charge in [-0.3, -0.25) is 4.79 Å². The van der Waals surface area contributed by atoms with Crippen LogP contribution < -0.4 is 0 Å². The maximum absolute atomic E-state index is 12.5. The van der Waals surface area contributed by atoms with Gasteiger partial charge in [-0.25, -0.2) is 0 Å². The molecule has 5 nitrogen and oxygen atoms in total. The van der Waals surface area contributed by atoms with Crippen LogP contribution in [0.25, 0.3) is 0 Å². The molecule has 0 amide bonds. The van der Waals surface area contributed by atoms with Crippen LogP contribution in [0.2, 0.25) is 0 Å². The molecule has 9 rings (SSSR count). The molecule has 0 saturated heterocycles. The lowest BCUT2D eigenvalue weighted by atomic mass is 9.30. The van der Waals surface area contributed by atoms with Crippen molar-refractivity contribution >= 4 is 5.97 Å². The van der Waals surface area contributed by atoms with Crippen molar-refractivity contribution in [3.8, 4) is 0 Å². The zero-order valence-electron chi connectivity index (χ0n) is 39.7. The number of carboxylic acid groups (broad SMARTS) is 1. The quantitative estimate of drug-likeness (QED) is 0.221. The van der Waals surface area contributed by atoms with Crippen molar-refractivity contribution in [2.45, 2.75) is 210 Å². The van der Waals surface area contributed by atoms with Crippen molar-refractivity contribution in [2.24, 2.45) is 121 Å². The number of fused-ring (bicyclic) bond motifs is 12. The van der Waals surface area contributed by atoms with Gasteiger partial charge in [0.05, 0.1) is 18.3 Å². The number of aliphatic carboxylic acids is 1. The van der Waals surface area contributed by atoms with Crippen LogP contribution in [0.3, 0.4) is 0 Å². The Balaban J connectivity index is 1.01. The second-order valence-corrected chi connectivity index (χ2v) is 26.8. The van der Waals surface area contributed by atoms with E-state index in [2.05, 4.69) is 76.2 Å². The molecule has 59 heavy (non-hydrogen) atoms. The maximum atomic E-state index is 12.5. The van der Waals surface area contributed by atoms with Gasteiger partial charge in [-0.05, 0) is 230 Å². The van der Waals surface area contributed by atoms with Gasteiger partial charge in [0, 0.05) is 6.42 Å². The highest BCUT2D eigenvalue weighted by atomic mass is 16.4. The molecule has 0 heterocycles. The Bertz CT molecular complexity index is 1620. The third-order valence-electron chi connectivity index (χ3n) is 25.2. The fourth-order valence-corrected chi connectivity index (χ4v) is 21.9. The van der Waals surface area contributed by atoms with Gasteiger partial charge in [0.1, 0.15) is 0 Å². The SMILES string of the molecule is C[C@@H]1[C@H]2[C@H]3CC[C@@H]4[C@@]5(C)CC[C@H]([C@H]6C[C@@H](O)C[C@H]7C[C@@H](O)[C@H]8[C@@H]9CC[C@H]([C@H](C)CCC(=O)O)[C@@]9(C)[C@@H](O)C[C@@H]8[C@]76C)C(C)(C)[C@@H]5CC[C@@]4(C)[C@]3(C)CC[C@@]2(C)CC[C@H]1C. The summed E-state index contributed by atoms with van der Waals surface area (Å²) in [6.07, 6.45) is 18.7. The van der Waals surface area contributed by atoms with Gasteiger partial charge in [-0.1, -0.05) is 76.2 Å². The molecule has 0 spiro atoms. The lowest BCUT2D eigenvalue weighted by Gasteiger charge is -2.75. The van der Waals surface area contributed by atoms with Crippen LogP contribution in [0.4, 0.5) is 0 Å². The summed E-state index contributed by atoms with van der Waals surface area (Å²) in [6, 6.07) is 0. The van der Waals surface area contributed by atoms with Crippen LogP contribution in [-0.2, 0) is 4.79 Å². The van der Waals surface area contributed by atoms with Crippen LogP contribution in [0.5, 0.6) is 0 Å². The van der Waals surface area contributed by atoms with Crippen LogP contribution in [0.1, 0.15) is 192 Å². The number of hydrogen-bond donors (Lipinski definition) is 4. The topological polar surface area (TPSA) is 98.0 Å². The molecule has 4 N–H and O–H groups in total. The molecule has 0 aromatic carbocycles. The van der Waals surface area contributed by atoms with Crippen molar-refractivity contribution < 1.29 is 25.2 Å². The molecule has 9 fully saturated rings. The summed E-state index contributed by atoms with van der Waals surface area (Å²) in [5, 5.41) is 46.1. The first-order valence-electron chi connectivity index (χ1n) is 25.8. The molecule has 0 aromatic rings. The van der Waals surface area contributed by atoms with Crippen molar-refractivity contribution in [1.29, 1.82) is 0 Å². The molecule has 0 radical (unpaired) electrons. The summed E-state index contributed by atoms with van der Waals surface area (Å²) in [4.78, 5) is 11.6. The minimum Gasteiger partial charge on any atom is -0.481 e. The highest BCUT2D eigenvalue weighted by molar-refractivity contribution is 5.66. The first-order valence-corrected chi connectivity index (χ1v) is 25.8. The summed E-state index contributed by atoms with van der Waals surface area (Å²) >= 11 is 0. The summed E-state index contributed by atoms with van der Waals surface area (Å²) in [5.41, 5.74) is 1.46. The summed E-state index contributed by atoms with van der Waals surface area (Å²) in [6.45, 7) is 28.8. The Morgan fingerprint density at radius 3 is 2.07 bits per heavy atom. The predicted octanol–water partition coefficient (Wildman–Crippen LogP) is 12.0. The standard InChI is InChI=1S/C54H90O5/c1-30-18-21-49(6)24-25-51(8)38(47(49)32(30)3)15-16-43-50(7)22-19-36(48(4,5)42(50)20-23-52(43,51)9)39-28-34(55)26-33-27-41(56)46-37-14-13-35(31(2)12-17-45(58)59)54(37,11)44(57)29-40(46)53(33,39)10/h30-44,46-47,55-57H,12-29H2,1-11H3,(H,58,59)/t30-,31-,32+,33+,34+,35-,36-,37+,38-,39-,40+,41-,42+,43-,44+,46+,47+,49-,50+,51-,52-,53-,54-/m1/s1. The first-order chi connectivity index (χ1) is 27.5. The lowest BCUT2D eigenvalue weighted by Crippen LogP contribution is -2.68. The largest absolute Gasteiger partial charge is 0.481 e. The van der Waals surface area contributed by atoms with E-state index in [4.69, 9.17) is 0 Å². The molecule has 0 aromatic heterocycles. The van der Waals surface area contributed by atoms with Gasteiger partial charge in [0.25, 0.3) is 0 Å². The van der Waals surface area contributed by atoms with Crippen molar-refractivity contribution in [2.75, 3.05) is 0 Å². The third-order valence-corrected chi connectivity index (χ3v) is 25.2. The molecule has 0 aliphatic heterocycles. The van der Waals surface area contributed by atoms with Crippen molar-refractivity contribution in [3.05, 3.63) is 0 Å². The monoisotopic (exact) mass is 819 g/mol. The number of aliphatic hydroxyl groups is 3.